The van der Waals surface area contributed by atoms with Crippen LogP contribution in [0.5, 0.6) is 0 Å². The van der Waals surface area contributed by atoms with E-state index in [1.165, 1.54) is 0 Å². The van der Waals surface area contributed by atoms with Crippen molar-refractivity contribution < 1.29 is 9.59 Å². The van der Waals surface area contributed by atoms with E-state index in [1.807, 2.05) is 49.4 Å². The minimum absolute atomic E-state index is 0.0150. The molecule has 4 rings (SSSR count). The first-order valence-corrected chi connectivity index (χ1v) is 7.06. The number of benzene rings is 2. The molecular weight excluding hydrogens is 264 g/mol. The molecule has 4 nitrogen and oxygen atoms in total. The molecule has 2 amide bonds. The highest BCUT2D eigenvalue weighted by atomic mass is 16.2. The Bertz CT molecular complexity index is 769. The van der Waals surface area contributed by atoms with Crippen LogP contribution in [0.2, 0.25) is 0 Å². The Labute approximate surface area is 122 Å². The molecule has 0 spiro atoms. The molecule has 21 heavy (non-hydrogen) atoms. The number of anilines is 1. The lowest BCUT2D eigenvalue weighted by atomic mass is 10.0. The Morgan fingerprint density at radius 3 is 2.33 bits per heavy atom. The highest BCUT2D eigenvalue weighted by Crippen LogP contribution is 2.44. The monoisotopic (exact) mass is 278 g/mol. The average Bonchev–Trinajstić information content (AvgIpc) is 2.82. The Balaban J connectivity index is 2.00. The van der Waals surface area contributed by atoms with Gasteiger partial charge in [0.15, 0.2) is 0 Å². The first kappa shape index (κ1) is 12.1. The quantitative estimate of drug-likeness (QED) is 0.804. The van der Waals surface area contributed by atoms with Crippen LogP contribution in [0.3, 0.4) is 0 Å². The summed E-state index contributed by atoms with van der Waals surface area (Å²) in [6.45, 7) is 2.51. The van der Waals surface area contributed by atoms with Crippen LogP contribution >= 0.6 is 0 Å². The largest absolute Gasteiger partial charge is 0.314 e. The van der Waals surface area contributed by atoms with Crippen molar-refractivity contribution in [3.05, 3.63) is 65.2 Å². The van der Waals surface area contributed by atoms with Crippen molar-refractivity contribution in [3.8, 4) is 0 Å². The van der Waals surface area contributed by atoms with E-state index in [1.54, 1.807) is 15.9 Å². The predicted molar refractivity (Wildman–Crippen MR) is 79.1 cm³/mol. The topological polar surface area (TPSA) is 40.6 Å². The minimum Gasteiger partial charge on any atom is -0.314 e. The van der Waals surface area contributed by atoms with Gasteiger partial charge in [-0.3, -0.25) is 14.5 Å². The van der Waals surface area contributed by atoms with Crippen LogP contribution in [0.1, 0.15) is 39.4 Å². The highest BCUT2D eigenvalue weighted by molar-refractivity contribution is 6.16. The van der Waals surface area contributed by atoms with Gasteiger partial charge in [0.25, 0.3) is 11.8 Å². The Kier molecular flexibility index (Phi) is 2.42. The molecule has 0 radical (unpaired) electrons. The summed E-state index contributed by atoms with van der Waals surface area (Å²) in [5.41, 5.74) is 2.90. The normalized spacial score (nSPS) is 19.4. The summed E-state index contributed by atoms with van der Waals surface area (Å²) in [5, 5.41) is 0. The zero-order valence-electron chi connectivity index (χ0n) is 11.6. The van der Waals surface area contributed by atoms with Gasteiger partial charge in [0.1, 0.15) is 6.17 Å². The van der Waals surface area contributed by atoms with Gasteiger partial charge in [-0.05, 0) is 25.1 Å². The van der Waals surface area contributed by atoms with Gasteiger partial charge in [-0.1, -0.05) is 30.3 Å². The van der Waals surface area contributed by atoms with E-state index >= 15 is 0 Å². The lowest BCUT2D eigenvalue weighted by molar-refractivity contribution is 0.0660. The van der Waals surface area contributed by atoms with Crippen molar-refractivity contribution in [3.63, 3.8) is 0 Å². The van der Waals surface area contributed by atoms with Gasteiger partial charge in [-0.2, -0.15) is 0 Å². The van der Waals surface area contributed by atoms with Crippen LogP contribution in [0.15, 0.2) is 48.5 Å². The SMILES string of the molecule is CCN1C(=O)c2ccccc2N2C(=O)c3ccccc3C12. The Hall–Kier alpha value is -2.62. The van der Waals surface area contributed by atoms with Crippen LogP contribution in [0, 0.1) is 0 Å². The molecule has 4 heteroatoms. The van der Waals surface area contributed by atoms with E-state index < -0.39 is 0 Å². The first-order valence-electron chi connectivity index (χ1n) is 7.06. The number of carbonyl (C=O) groups excluding carboxylic acids is 2. The number of fused-ring (bicyclic) bond motifs is 5. The minimum atomic E-state index is -0.318. The number of hydrogen-bond acceptors (Lipinski definition) is 2. The zero-order valence-corrected chi connectivity index (χ0v) is 11.6. The highest BCUT2D eigenvalue weighted by Gasteiger charge is 2.46. The van der Waals surface area contributed by atoms with E-state index in [9.17, 15) is 9.59 Å². The molecule has 0 N–H and O–H groups in total. The van der Waals surface area contributed by atoms with Gasteiger partial charge >= 0.3 is 0 Å². The molecule has 2 aliphatic heterocycles. The summed E-state index contributed by atoms with van der Waals surface area (Å²) in [6, 6.07) is 14.9. The van der Waals surface area contributed by atoms with Crippen LogP contribution in [0.4, 0.5) is 5.69 Å². The lowest BCUT2D eigenvalue weighted by Crippen LogP contribution is -2.48. The maximum atomic E-state index is 12.7. The van der Waals surface area contributed by atoms with Gasteiger partial charge < -0.3 is 4.90 Å². The number of amides is 2. The molecule has 2 aromatic carbocycles. The smallest absolute Gasteiger partial charge is 0.260 e. The van der Waals surface area contributed by atoms with E-state index in [-0.39, 0.29) is 18.0 Å². The third-order valence-electron chi connectivity index (χ3n) is 4.22. The Morgan fingerprint density at radius 2 is 1.57 bits per heavy atom. The third kappa shape index (κ3) is 1.44. The van der Waals surface area contributed by atoms with Crippen LogP contribution < -0.4 is 4.90 Å². The molecule has 104 valence electrons. The average molecular weight is 278 g/mol. The molecule has 1 unspecified atom stereocenters. The zero-order chi connectivity index (χ0) is 14.6. The molecule has 0 aromatic heterocycles. The Morgan fingerprint density at radius 1 is 0.905 bits per heavy atom. The molecule has 2 aromatic rings. The van der Waals surface area contributed by atoms with Crippen LogP contribution in [-0.4, -0.2) is 23.3 Å². The molecule has 0 saturated carbocycles. The van der Waals surface area contributed by atoms with E-state index in [4.69, 9.17) is 0 Å². The molecule has 0 aliphatic carbocycles. The van der Waals surface area contributed by atoms with E-state index in [2.05, 4.69) is 0 Å². The molecule has 2 aliphatic rings. The lowest BCUT2D eigenvalue weighted by Gasteiger charge is -2.40. The summed E-state index contributed by atoms with van der Waals surface area (Å²) in [5.74, 6) is -0.0483. The number of hydrogen-bond donors (Lipinski definition) is 0. The van der Waals surface area contributed by atoms with Crippen LogP contribution in [0.25, 0.3) is 0 Å². The fourth-order valence-corrected chi connectivity index (χ4v) is 3.29. The van der Waals surface area contributed by atoms with Gasteiger partial charge in [0.05, 0.1) is 11.3 Å². The summed E-state index contributed by atoms with van der Waals surface area (Å²) in [4.78, 5) is 28.9. The second kappa shape index (κ2) is 4.19. The molecule has 1 atom stereocenters. The molecule has 0 saturated heterocycles. The molecular formula is C17H14N2O2. The van der Waals surface area contributed by atoms with Gasteiger partial charge in [-0.25, -0.2) is 0 Å². The van der Waals surface area contributed by atoms with Crippen molar-refractivity contribution in [2.24, 2.45) is 0 Å². The second-order valence-electron chi connectivity index (χ2n) is 5.24. The third-order valence-corrected chi connectivity index (χ3v) is 4.22. The molecule has 2 heterocycles. The molecule has 0 fully saturated rings. The van der Waals surface area contributed by atoms with E-state index in [0.29, 0.717) is 23.4 Å². The van der Waals surface area contributed by atoms with E-state index in [0.717, 1.165) is 5.56 Å². The summed E-state index contributed by atoms with van der Waals surface area (Å²) in [7, 11) is 0. The number of nitrogens with zero attached hydrogens (tertiary/aromatic N) is 2. The fourth-order valence-electron chi connectivity index (χ4n) is 3.29. The van der Waals surface area contributed by atoms with Gasteiger partial charge in [0.2, 0.25) is 0 Å². The number of para-hydroxylation sites is 1. The standard InChI is InChI=1S/C17H14N2O2/c1-2-18-15-11-7-3-4-8-12(11)17(21)19(15)14-10-6-5-9-13(14)16(18)20/h3-10,15H,2H2,1H3. The van der Waals surface area contributed by atoms with Crippen molar-refractivity contribution in [1.29, 1.82) is 0 Å². The summed E-state index contributed by atoms with van der Waals surface area (Å²) in [6.07, 6.45) is -0.318. The first-order chi connectivity index (χ1) is 10.2. The molecule has 0 bridgehead atoms. The summed E-state index contributed by atoms with van der Waals surface area (Å²) >= 11 is 0. The van der Waals surface area contributed by atoms with Gasteiger partial charge in [0, 0.05) is 17.7 Å². The van der Waals surface area contributed by atoms with Crippen molar-refractivity contribution >= 4 is 17.5 Å². The maximum Gasteiger partial charge on any atom is 0.260 e. The summed E-state index contributed by atoms with van der Waals surface area (Å²) < 4.78 is 0. The van der Waals surface area contributed by atoms with Crippen molar-refractivity contribution in [1.82, 2.24) is 4.90 Å². The van der Waals surface area contributed by atoms with Crippen molar-refractivity contribution in [2.75, 3.05) is 11.4 Å². The van der Waals surface area contributed by atoms with Crippen LogP contribution in [-0.2, 0) is 0 Å². The van der Waals surface area contributed by atoms with Gasteiger partial charge in [-0.15, -0.1) is 0 Å². The fraction of sp³-hybridized carbons (Fsp3) is 0.176. The number of rotatable bonds is 1. The van der Waals surface area contributed by atoms with Crippen molar-refractivity contribution in [2.45, 2.75) is 13.1 Å². The second-order valence-corrected chi connectivity index (χ2v) is 5.24. The maximum absolute atomic E-state index is 12.7. The predicted octanol–water partition coefficient (Wildman–Crippen LogP) is 2.82. The number of carbonyl (C=O) groups is 2.